The van der Waals surface area contributed by atoms with Gasteiger partial charge in [-0.15, -0.1) is 5.10 Å². The summed E-state index contributed by atoms with van der Waals surface area (Å²) in [7, 11) is 1.71. The van der Waals surface area contributed by atoms with Crippen molar-refractivity contribution in [3.8, 4) is 11.5 Å². The van der Waals surface area contributed by atoms with Crippen LogP contribution >= 0.6 is 0 Å². The van der Waals surface area contributed by atoms with Crippen molar-refractivity contribution in [2.75, 3.05) is 13.7 Å². The van der Waals surface area contributed by atoms with E-state index in [0.717, 1.165) is 30.8 Å². The molecule has 0 radical (unpaired) electrons. The Morgan fingerprint density at radius 1 is 1.39 bits per heavy atom. The molecule has 23 heavy (non-hydrogen) atoms. The van der Waals surface area contributed by atoms with E-state index in [9.17, 15) is 5.11 Å². The van der Waals surface area contributed by atoms with Gasteiger partial charge in [-0.2, -0.15) is 0 Å². The lowest BCUT2D eigenvalue weighted by Crippen LogP contribution is -2.41. The third-order valence-electron chi connectivity index (χ3n) is 4.41. The predicted octanol–water partition coefficient (Wildman–Crippen LogP) is 0.942. The predicted molar refractivity (Wildman–Crippen MR) is 85.7 cm³/mol. The van der Waals surface area contributed by atoms with E-state index in [1.54, 1.807) is 18.0 Å². The molecule has 2 aromatic heterocycles. The summed E-state index contributed by atoms with van der Waals surface area (Å²) < 4.78 is 7.21. The van der Waals surface area contributed by atoms with Crippen LogP contribution in [0.15, 0.2) is 24.4 Å². The molecule has 2 heterocycles. The normalized spacial score (nSPS) is 24.7. The fraction of sp³-hybridized carbons (Fsp3) is 0.562. The van der Waals surface area contributed by atoms with E-state index in [0.29, 0.717) is 12.4 Å². The Morgan fingerprint density at radius 3 is 2.91 bits per heavy atom. The molecule has 0 aromatic carbocycles. The van der Waals surface area contributed by atoms with Crippen LogP contribution in [-0.2, 0) is 11.3 Å². The van der Waals surface area contributed by atoms with Crippen LogP contribution in [0.2, 0.25) is 0 Å². The molecule has 7 nitrogen and oxygen atoms in total. The zero-order valence-electron chi connectivity index (χ0n) is 13.3. The standard InChI is InChI=1S/C16H23N5O2/c1-23-14-6-5-11(10-12(14)17)16-19-15(20-21(16)8-9-22)13-4-2-3-7-18-13/h2-4,7,11-12,14,22H,5-6,8-10,17H2,1H3/t11-,12+,14+/m0/s1. The van der Waals surface area contributed by atoms with Gasteiger partial charge in [-0.3, -0.25) is 4.98 Å². The van der Waals surface area contributed by atoms with Gasteiger partial charge >= 0.3 is 0 Å². The molecule has 3 atom stereocenters. The molecule has 0 aliphatic heterocycles. The third-order valence-corrected chi connectivity index (χ3v) is 4.41. The first-order valence-electron chi connectivity index (χ1n) is 7.98. The van der Waals surface area contributed by atoms with Gasteiger partial charge in [-0.1, -0.05) is 6.07 Å². The van der Waals surface area contributed by atoms with Crippen LogP contribution in [0.4, 0.5) is 0 Å². The van der Waals surface area contributed by atoms with Crippen molar-refractivity contribution < 1.29 is 9.84 Å². The van der Waals surface area contributed by atoms with E-state index >= 15 is 0 Å². The second-order valence-corrected chi connectivity index (χ2v) is 5.90. The summed E-state index contributed by atoms with van der Waals surface area (Å²) in [6.07, 6.45) is 4.51. The van der Waals surface area contributed by atoms with E-state index in [4.69, 9.17) is 10.5 Å². The Labute approximate surface area is 135 Å². The highest BCUT2D eigenvalue weighted by atomic mass is 16.5. The maximum absolute atomic E-state index is 9.31. The number of aromatic nitrogens is 4. The SMILES string of the molecule is CO[C@@H]1CC[C@H](c2nc(-c3ccccn3)nn2CCO)C[C@H]1N. The number of rotatable bonds is 5. The summed E-state index contributed by atoms with van der Waals surface area (Å²) in [6, 6.07) is 5.65. The number of ether oxygens (including phenoxy) is 1. The van der Waals surface area contributed by atoms with Gasteiger partial charge in [0, 0.05) is 25.3 Å². The highest BCUT2D eigenvalue weighted by Crippen LogP contribution is 2.33. The number of nitrogens with zero attached hydrogens (tertiary/aromatic N) is 4. The van der Waals surface area contributed by atoms with Crippen molar-refractivity contribution >= 4 is 0 Å². The molecule has 1 aliphatic carbocycles. The second-order valence-electron chi connectivity index (χ2n) is 5.90. The van der Waals surface area contributed by atoms with Crippen LogP contribution in [0.5, 0.6) is 0 Å². The second kappa shape index (κ2) is 7.16. The number of methoxy groups -OCH3 is 1. The lowest BCUT2D eigenvalue weighted by molar-refractivity contribution is 0.0478. The molecule has 1 saturated carbocycles. The van der Waals surface area contributed by atoms with Crippen LogP contribution in [0.1, 0.15) is 31.0 Å². The molecule has 3 N–H and O–H groups in total. The lowest BCUT2D eigenvalue weighted by atomic mass is 9.83. The number of aliphatic hydroxyl groups is 1. The van der Waals surface area contributed by atoms with Crippen molar-refractivity contribution in [1.29, 1.82) is 0 Å². The van der Waals surface area contributed by atoms with E-state index in [-0.39, 0.29) is 24.7 Å². The Hall–Kier alpha value is -1.83. The van der Waals surface area contributed by atoms with Crippen molar-refractivity contribution in [1.82, 2.24) is 19.7 Å². The van der Waals surface area contributed by atoms with Crippen molar-refractivity contribution in [3.05, 3.63) is 30.2 Å². The smallest absolute Gasteiger partial charge is 0.200 e. The minimum Gasteiger partial charge on any atom is -0.394 e. The van der Waals surface area contributed by atoms with Crippen molar-refractivity contribution in [2.24, 2.45) is 5.73 Å². The van der Waals surface area contributed by atoms with Gasteiger partial charge in [0.05, 0.1) is 19.3 Å². The largest absolute Gasteiger partial charge is 0.394 e. The Morgan fingerprint density at radius 2 is 2.26 bits per heavy atom. The molecular weight excluding hydrogens is 294 g/mol. The molecule has 0 unspecified atom stereocenters. The van der Waals surface area contributed by atoms with Gasteiger partial charge in [-0.25, -0.2) is 9.67 Å². The van der Waals surface area contributed by atoms with E-state index in [1.165, 1.54) is 0 Å². The van der Waals surface area contributed by atoms with Crippen LogP contribution in [0.25, 0.3) is 11.5 Å². The number of nitrogens with two attached hydrogens (primary N) is 1. The summed E-state index contributed by atoms with van der Waals surface area (Å²) >= 11 is 0. The molecule has 124 valence electrons. The first-order valence-corrected chi connectivity index (χ1v) is 7.98. The molecular formula is C16H23N5O2. The third kappa shape index (κ3) is 3.41. The molecule has 0 spiro atoms. The quantitative estimate of drug-likeness (QED) is 0.851. The number of pyridine rings is 1. The van der Waals surface area contributed by atoms with Gasteiger partial charge in [0.2, 0.25) is 0 Å². The molecule has 2 aromatic rings. The number of aliphatic hydroxyl groups excluding tert-OH is 1. The van der Waals surface area contributed by atoms with E-state index < -0.39 is 0 Å². The summed E-state index contributed by atoms with van der Waals surface area (Å²) in [5.41, 5.74) is 6.95. The molecule has 0 amide bonds. The minimum absolute atomic E-state index is 0.00340. The number of hydrogen-bond donors (Lipinski definition) is 2. The molecule has 1 fully saturated rings. The zero-order chi connectivity index (χ0) is 16.2. The first kappa shape index (κ1) is 16.0. The minimum atomic E-state index is -0.00340. The van der Waals surface area contributed by atoms with Gasteiger partial charge in [0.1, 0.15) is 11.5 Å². The van der Waals surface area contributed by atoms with Gasteiger partial charge in [-0.05, 0) is 31.4 Å². The van der Waals surface area contributed by atoms with Crippen molar-refractivity contribution in [3.63, 3.8) is 0 Å². The fourth-order valence-electron chi connectivity index (χ4n) is 3.22. The van der Waals surface area contributed by atoms with E-state index in [2.05, 4.69) is 15.1 Å². The van der Waals surface area contributed by atoms with Crippen molar-refractivity contribution in [2.45, 2.75) is 43.9 Å². The van der Waals surface area contributed by atoms with Crippen LogP contribution in [0.3, 0.4) is 0 Å². The Balaban J connectivity index is 1.87. The average molecular weight is 317 g/mol. The monoisotopic (exact) mass is 317 g/mol. The molecule has 0 bridgehead atoms. The summed E-state index contributed by atoms with van der Waals surface area (Å²) in [5.74, 6) is 1.70. The maximum Gasteiger partial charge on any atom is 0.200 e. The topological polar surface area (TPSA) is 99.1 Å². The fourth-order valence-corrected chi connectivity index (χ4v) is 3.22. The molecule has 1 aliphatic rings. The maximum atomic E-state index is 9.31. The number of hydrogen-bond acceptors (Lipinski definition) is 6. The van der Waals surface area contributed by atoms with Crippen LogP contribution in [0, 0.1) is 0 Å². The van der Waals surface area contributed by atoms with Gasteiger partial charge in [0.25, 0.3) is 0 Å². The molecule has 3 rings (SSSR count). The summed E-state index contributed by atoms with van der Waals surface area (Å²) in [5, 5.41) is 13.8. The van der Waals surface area contributed by atoms with Crippen LogP contribution < -0.4 is 5.73 Å². The highest BCUT2D eigenvalue weighted by molar-refractivity contribution is 5.47. The summed E-state index contributed by atoms with van der Waals surface area (Å²) in [4.78, 5) is 8.99. The zero-order valence-corrected chi connectivity index (χ0v) is 13.3. The lowest BCUT2D eigenvalue weighted by Gasteiger charge is -2.32. The average Bonchev–Trinajstić information content (AvgIpc) is 3.00. The Bertz CT molecular complexity index is 631. The first-order chi connectivity index (χ1) is 11.2. The van der Waals surface area contributed by atoms with Gasteiger partial charge < -0.3 is 15.6 Å². The Kier molecular flexibility index (Phi) is 5.00. The van der Waals surface area contributed by atoms with Gasteiger partial charge in [0.15, 0.2) is 5.82 Å². The summed E-state index contributed by atoms with van der Waals surface area (Å²) in [6.45, 7) is 0.450. The molecule has 0 saturated heterocycles. The highest BCUT2D eigenvalue weighted by Gasteiger charge is 2.32. The van der Waals surface area contributed by atoms with Crippen LogP contribution in [-0.4, -0.2) is 50.7 Å². The molecule has 7 heteroatoms. The van der Waals surface area contributed by atoms with E-state index in [1.807, 2.05) is 18.2 Å².